The molecular formula is C16H22N2. The summed E-state index contributed by atoms with van der Waals surface area (Å²) in [5, 5.41) is 1.33. The summed E-state index contributed by atoms with van der Waals surface area (Å²) in [5.74, 6) is 0. The minimum Gasteiger partial charge on any atom is -0.344 e. The number of fused-ring (bicyclic) bond motifs is 1. The molecule has 1 unspecified atom stereocenters. The van der Waals surface area contributed by atoms with Crippen LogP contribution in [0.1, 0.15) is 56.7 Å². The van der Waals surface area contributed by atoms with Crippen LogP contribution < -0.4 is 5.73 Å². The molecular weight excluding hydrogens is 220 g/mol. The lowest BCUT2D eigenvalue weighted by Gasteiger charge is -2.24. The first kappa shape index (κ1) is 11.8. The molecule has 0 saturated heterocycles. The summed E-state index contributed by atoms with van der Waals surface area (Å²) in [6.07, 6.45) is 9.06. The Balaban J connectivity index is 2.06. The lowest BCUT2D eigenvalue weighted by Crippen LogP contribution is -2.11. The number of hydrogen-bond donors (Lipinski definition) is 1. The summed E-state index contributed by atoms with van der Waals surface area (Å²) in [6, 6.07) is 9.56. The van der Waals surface area contributed by atoms with E-state index in [0.717, 1.165) is 0 Å². The number of rotatable bonds is 2. The Morgan fingerprint density at radius 3 is 2.67 bits per heavy atom. The Bertz CT molecular complexity index is 533. The van der Waals surface area contributed by atoms with Gasteiger partial charge in [0.1, 0.15) is 0 Å². The third-order valence-electron chi connectivity index (χ3n) is 4.26. The minimum absolute atomic E-state index is 0.107. The van der Waals surface area contributed by atoms with Crippen LogP contribution in [0.15, 0.2) is 30.5 Å². The maximum absolute atomic E-state index is 6.06. The molecule has 2 heteroatoms. The van der Waals surface area contributed by atoms with E-state index in [1.165, 1.54) is 48.6 Å². The molecule has 1 fully saturated rings. The molecule has 1 heterocycles. The molecule has 1 saturated carbocycles. The second kappa shape index (κ2) is 4.77. The molecule has 1 aromatic carbocycles. The normalized spacial score (nSPS) is 19.2. The van der Waals surface area contributed by atoms with Gasteiger partial charge in [-0.3, -0.25) is 0 Å². The van der Waals surface area contributed by atoms with E-state index >= 15 is 0 Å². The molecule has 2 N–H and O–H groups in total. The van der Waals surface area contributed by atoms with Crippen molar-refractivity contribution in [3.8, 4) is 0 Å². The van der Waals surface area contributed by atoms with Gasteiger partial charge in [-0.25, -0.2) is 0 Å². The molecule has 96 valence electrons. The highest BCUT2D eigenvalue weighted by molar-refractivity contribution is 5.84. The number of hydrogen-bond acceptors (Lipinski definition) is 1. The van der Waals surface area contributed by atoms with E-state index in [4.69, 9.17) is 5.73 Å². The average Bonchev–Trinajstić information content (AvgIpc) is 2.83. The minimum atomic E-state index is 0.107. The van der Waals surface area contributed by atoms with Gasteiger partial charge in [0.15, 0.2) is 0 Å². The second-order valence-corrected chi connectivity index (χ2v) is 5.58. The summed E-state index contributed by atoms with van der Waals surface area (Å²) < 4.78 is 2.47. The molecule has 0 amide bonds. The molecule has 18 heavy (non-hydrogen) atoms. The van der Waals surface area contributed by atoms with Crippen molar-refractivity contribution in [1.29, 1.82) is 0 Å². The zero-order chi connectivity index (χ0) is 12.5. The van der Waals surface area contributed by atoms with Crippen molar-refractivity contribution in [2.75, 3.05) is 0 Å². The predicted octanol–water partition coefficient (Wildman–Crippen LogP) is 4.17. The van der Waals surface area contributed by atoms with Crippen LogP contribution in [0, 0.1) is 0 Å². The van der Waals surface area contributed by atoms with E-state index in [1.807, 2.05) is 0 Å². The standard InChI is InChI=1S/C16H22N2/c1-12(17)14-8-5-9-16-15(14)10-11-18(16)13-6-3-2-4-7-13/h5,8-13H,2-4,6-7,17H2,1H3. The van der Waals surface area contributed by atoms with Gasteiger partial charge in [0.25, 0.3) is 0 Å². The number of aromatic nitrogens is 1. The fourth-order valence-electron chi connectivity index (χ4n) is 3.29. The van der Waals surface area contributed by atoms with Gasteiger partial charge in [0.2, 0.25) is 0 Å². The van der Waals surface area contributed by atoms with E-state index < -0.39 is 0 Å². The number of nitrogens with zero attached hydrogens (tertiary/aromatic N) is 1. The van der Waals surface area contributed by atoms with Gasteiger partial charge in [-0.1, -0.05) is 31.4 Å². The highest BCUT2D eigenvalue weighted by Crippen LogP contribution is 2.33. The van der Waals surface area contributed by atoms with Crippen LogP contribution in [-0.4, -0.2) is 4.57 Å². The van der Waals surface area contributed by atoms with Crippen LogP contribution in [0.2, 0.25) is 0 Å². The number of nitrogens with two attached hydrogens (primary N) is 1. The number of benzene rings is 1. The van der Waals surface area contributed by atoms with E-state index in [1.54, 1.807) is 0 Å². The summed E-state index contributed by atoms with van der Waals surface area (Å²) >= 11 is 0. The molecule has 0 aliphatic heterocycles. The van der Waals surface area contributed by atoms with Crippen LogP contribution in [0.25, 0.3) is 10.9 Å². The van der Waals surface area contributed by atoms with E-state index in [0.29, 0.717) is 6.04 Å². The Labute approximate surface area is 109 Å². The maximum Gasteiger partial charge on any atom is 0.0486 e. The monoisotopic (exact) mass is 242 g/mol. The Morgan fingerprint density at radius 2 is 1.94 bits per heavy atom. The molecule has 1 atom stereocenters. The molecule has 0 bridgehead atoms. The summed E-state index contributed by atoms with van der Waals surface area (Å²) in [5.41, 5.74) is 8.68. The molecule has 0 radical (unpaired) electrons. The van der Waals surface area contributed by atoms with E-state index in [9.17, 15) is 0 Å². The SMILES string of the molecule is CC(N)c1cccc2c1ccn2C1CCCCC1. The third kappa shape index (κ3) is 1.95. The maximum atomic E-state index is 6.06. The summed E-state index contributed by atoms with van der Waals surface area (Å²) in [6.45, 7) is 2.06. The Kier molecular flexibility index (Phi) is 3.13. The lowest BCUT2D eigenvalue weighted by molar-refractivity contribution is 0.361. The van der Waals surface area contributed by atoms with E-state index in [-0.39, 0.29) is 6.04 Å². The van der Waals surface area contributed by atoms with Crippen LogP contribution in [0.4, 0.5) is 0 Å². The summed E-state index contributed by atoms with van der Waals surface area (Å²) in [4.78, 5) is 0. The van der Waals surface area contributed by atoms with Gasteiger partial charge < -0.3 is 10.3 Å². The van der Waals surface area contributed by atoms with E-state index in [2.05, 4.69) is 42.0 Å². The van der Waals surface area contributed by atoms with Gasteiger partial charge in [-0.05, 0) is 37.5 Å². The van der Waals surface area contributed by atoms with Crippen LogP contribution in [0.5, 0.6) is 0 Å². The first-order valence-electron chi connectivity index (χ1n) is 7.12. The topological polar surface area (TPSA) is 30.9 Å². The summed E-state index contributed by atoms with van der Waals surface area (Å²) in [7, 11) is 0. The first-order valence-corrected chi connectivity index (χ1v) is 7.12. The van der Waals surface area contributed by atoms with Gasteiger partial charge in [0, 0.05) is 29.2 Å². The smallest absolute Gasteiger partial charge is 0.0486 e. The molecule has 3 rings (SSSR count). The van der Waals surface area contributed by atoms with Crippen molar-refractivity contribution in [1.82, 2.24) is 4.57 Å². The molecule has 1 aliphatic rings. The quantitative estimate of drug-likeness (QED) is 0.842. The second-order valence-electron chi connectivity index (χ2n) is 5.58. The Hall–Kier alpha value is -1.28. The highest BCUT2D eigenvalue weighted by atomic mass is 15.0. The average molecular weight is 242 g/mol. The Morgan fingerprint density at radius 1 is 1.17 bits per heavy atom. The molecule has 0 spiro atoms. The van der Waals surface area contributed by atoms with Gasteiger partial charge in [-0.15, -0.1) is 0 Å². The zero-order valence-corrected chi connectivity index (χ0v) is 11.1. The molecule has 2 aromatic rings. The fraction of sp³-hybridized carbons (Fsp3) is 0.500. The van der Waals surface area contributed by atoms with Crippen molar-refractivity contribution in [3.05, 3.63) is 36.0 Å². The van der Waals surface area contributed by atoms with Gasteiger partial charge >= 0.3 is 0 Å². The highest BCUT2D eigenvalue weighted by Gasteiger charge is 2.17. The molecule has 2 nitrogen and oxygen atoms in total. The largest absolute Gasteiger partial charge is 0.344 e. The van der Waals surface area contributed by atoms with Crippen molar-refractivity contribution >= 4 is 10.9 Å². The molecule has 1 aromatic heterocycles. The predicted molar refractivity (Wildman–Crippen MR) is 76.7 cm³/mol. The van der Waals surface area contributed by atoms with Crippen LogP contribution >= 0.6 is 0 Å². The zero-order valence-electron chi connectivity index (χ0n) is 11.1. The van der Waals surface area contributed by atoms with Crippen molar-refractivity contribution in [2.45, 2.75) is 51.1 Å². The van der Waals surface area contributed by atoms with Crippen LogP contribution in [-0.2, 0) is 0 Å². The fourth-order valence-corrected chi connectivity index (χ4v) is 3.29. The third-order valence-corrected chi connectivity index (χ3v) is 4.26. The lowest BCUT2D eigenvalue weighted by atomic mass is 9.95. The van der Waals surface area contributed by atoms with Crippen molar-refractivity contribution in [3.63, 3.8) is 0 Å². The van der Waals surface area contributed by atoms with Crippen molar-refractivity contribution < 1.29 is 0 Å². The van der Waals surface area contributed by atoms with Crippen molar-refractivity contribution in [2.24, 2.45) is 5.73 Å². The molecule has 1 aliphatic carbocycles. The van der Waals surface area contributed by atoms with Crippen LogP contribution in [0.3, 0.4) is 0 Å². The first-order chi connectivity index (χ1) is 8.77. The van der Waals surface area contributed by atoms with Gasteiger partial charge in [0.05, 0.1) is 0 Å². The van der Waals surface area contributed by atoms with Gasteiger partial charge in [-0.2, -0.15) is 0 Å².